The predicted octanol–water partition coefficient (Wildman–Crippen LogP) is 7.73. The molecule has 2 amide bonds. The van der Waals surface area contributed by atoms with Crippen LogP contribution in [0.4, 0.5) is 18.9 Å². The van der Waals surface area contributed by atoms with Crippen molar-refractivity contribution in [2.24, 2.45) is 0 Å². The van der Waals surface area contributed by atoms with Gasteiger partial charge >= 0.3 is 18.1 Å². The lowest BCUT2D eigenvalue weighted by Gasteiger charge is -2.21. The average Bonchev–Trinajstić information content (AvgIpc) is 2.91. The van der Waals surface area contributed by atoms with Crippen LogP contribution in [0.1, 0.15) is 87.8 Å². The highest BCUT2D eigenvalue weighted by atomic mass is 19.4. The molecule has 0 aliphatic carbocycles. The Morgan fingerprint density at radius 3 is 1.88 bits per heavy atom. The Kier molecular flexibility index (Phi) is 14.0. The number of rotatable bonds is 16. The third-order valence-corrected chi connectivity index (χ3v) is 6.40. The zero-order valence-electron chi connectivity index (χ0n) is 23.0. The van der Waals surface area contributed by atoms with Crippen molar-refractivity contribution in [1.82, 2.24) is 4.90 Å². The number of carbonyl (C=O) groups is 3. The number of halogens is 3. The number of nitrogens with one attached hydrogen (secondary N) is 1. The number of carbonyl (C=O) groups excluding carboxylic acids is 2. The molecule has 2 rings (SSSR count). The zero-order chi connectivity index (χ0) is 29.4. The first-order chi connectivity index (χ1) is 19.1. The van der Waals surface area contributed by atoms with E-state index >= 15 is 0 Å². The monoisotopic (exact) mass is 560 g/mol. The summed E-state index contributed by atoms with van der Waals surface area (Å²) >= 11 is 0. The molecule has 2 aromatic carbocycles. The summed E-state index contributed by atoms with van der Waals surface area (Å²) in [4.78, 5) is 36.9. The van der Waals surface area contributed by atoms with Crippen molar-refractivity contribution < 1.29 is 32.7 Å². The van der Waals surface area contributed by atoms with Gasteiger partial charge in [0, 0.05) is 25.2 Å². The van der Waals surface area contributed by atoms with Gasteiger partial charge in [-0.3, -0.25) is 9.59 Å². The highest BCUT2D eigenvalue weighted by Gasteiger charge is 2.30. The fourth-order valence-electron chi connectivity index (χ4n) is 4.13. The minimum absolute atomic E-state index is 0.0606. The van der Waals surface area contributed by atoms with Gasteiger partial charge in [-0.1, -0.05) is 75.4 Å². The largest absolute Gasteiger partial charge is 0.474 e. The number of carboxylic acids is 1. The van der Waals surface area contributed by atoms with Gasteiger partial charge in [-0.2, -0.15) is 13.2 Å². The van der Waals surface area contributed by atoms with E-state index in [0.717, 1.165) is 55.6 Å². The quantitative estimate of drug-likeness (QED) is 0.125. The third kappa shape index (κ3) is 12.5. The molecule has 0 unspecified atom stereocenters. The van der Waals surface area contributed by atoms with Gasteiger partial charge in [-0.15, -0.1) is 0 Å². The van der Waals surface area contributed by atoms with Gasteiger partial charge in [-0.05, 0) is 61.1 Å². The standard InChI is InChI=1S/C31H39F3N2O4/c1-2-3-4-5-6-7-8-9-10-11-12-13-28(37)35-27-20-16-25(17-21-27)23-36(29(38)30(39)40)22-24-14-18-26(19-15-24)31(32,33)34/h5-6,14-21H,2-4,7-13,22-23H2,1H3,(H,35,37)(H,39,40)/b6-5+. The molecular formula is C31H39F3N2O4. The summed E-state index contributed by atoms with van der Waals surface area (Å²) in [5.74, 6) is -2.91. The number of aliphatic carboxylic acids is 1. The Morgan fingerprint density at radius 1 is 0.800 bits per heavy atom. The Bertz CT molecular complexity index is 1100. The van der Waals surface area contributed by atoms with E-state index in [4.69, 9.17) is 0 Å². The van der Waals surface area contributed by atoms with E-state index in [2.05, 4.69) is 24.4 Å². The highest BCUT2D eigenvalue weighted by Crippen LogP contribution is 2.29. The number of alkyl halides is 3. The Morgan fingerprint density at radius 2 is 1.32 bits per heavy atom. The molecule has 40 heavy (non-hydrogen) atoms. The summed E-state index contributed by atoms with van der Waals surface area (Å²) in [5.41, 5.74) is 0.735. The second-order valence-electron chi connectivity index (χ2n) is 9.83. The van der Waals surface area contributed by atoms with Crippen LogP contribution in [0.3, 0.4) is 0 Å². The lowest BCUT2D eigenvalue weighted by atomic mass is 10.1. The second-order valence-corrected chi connectivity index (χ2v) is 9.83. The molecule has 218 valence electrons. The molecule has 0 saturated heterocycles. The number of nitrogens with zero attached hydrogens (tertiary/aromatic N) is 1. The van der Waals surface area contributed by atoms with Gasteiger partial charge in [0.2, 0.25) is 5.91 Å². The predicted molar refractivity (Wildman–Crippen MR) is 149 cm³/mol. The van der Waals surface area contributed by atoms with Crippen molar-refractivity contribution in [1.29, 1.82) is 0 Å². The van der Waals surface area contributed by atoms with E-state index in [1.807, 2.05) is 0 Å². The number of allylic oxidation sites excluding steroid dienone is 2. The Hall–Kier alpha value is -3.62. The van der Waals surface area contributed by atoms with Crippen LogP contribution >= 0.6 is 0 Å². The summed E-state index contributed by atoms with van der Waals surface area (Å²) in [5, 5.41) is 12.0. The van der Waals surface area contributed by atoms with Crippen LogP contribution in [0.15, 0.2) is 60.7 Å². The lowest BCUT2D eigenvalue weighted by Crippen LogP contribution is -2.35. The van der Waals surface area contributed by atoms with Gasteiger partial charge in [0.25, 0.3) is 0 Å². The van der Waals surface area contributed by atoms with E-state index in [1.54, 1.807) is 24.3 Å². The van der Waals surface area contributed by atoms with Crippen molar-refractivity contribution in [2.45, 2.75) is 90.4 Å². The lowest BCUT2D eigenvalue weighted by molar-refractivity contribution is -0.156. The van der Waals surface area contributed by atoms with Crippen LogP contribution in [0.2, 0.25) is 0 Å². The number of benzene rings is 2. The van der Waals surface area contributed by atoms with Crippen LogP contribution in [0.5, 0.6) is 0 Å². The van der Waals surface area contributed by atoms with Crippen LogP contribution in [0.25, 0.3) is 0 Å². The van der Waals surface area contributed by atoms with E-state index in [9.17, 15) is 32.7 Å². The smallest absolute Gasteiger partial charge is 0.416 e. The topological polar surface area (TPSA) is 86.7 Å². The Labute approximate surface area is 234 Å². The highest BCUT2D eigenvalue weighted by molar-refractivity contribution is 6.31. The summed E-state index contributed by atoms with van der Waals surface area (Å²) in [6.45, 7) is 1.96. The van der Waals surface area contributed by atoms with Crippen LogP contribution < -0.4 is 5.32 Å². The maximum absolute atomic E-state index is 12.8. The molecule has 0 heterocycles. The molecule has 0 bridgehead atoms. The number of anilines is 1. The second kappa shape index (κ2) is 17.2. The molecule has 0 atom stereocenters. The first kappa shape index (κ1) is 32.6. The molecule has 0 radical (unpaired) electrons. The summed E-state index contributed by atoms with van der Waals surface area (Å²) < 4.78 is 38.4. The molecule has 6 nitrogen and oxygen atoms in total. The maximum atomic E-state index is 12.8. The van der Waals surface area contributed by atoms with Crippen LogP contribution in [0, 0.1) is 0 Å². The maximum Gasteiger partial charge on any atom is 0.416 e. The van der Waals surface area contributed by atoms with Gasteiger partial charge in [0.1, 0.15) is 0 Å². The number of hydrogen-bond donors (Lipinski definition) is 2. The van der Waals surface area contributed by atoms with E-state index < -0.39 is 23.6 Å². The van der Waals surface area contributed by atoms with Gasteiger partial charge in [-0.25, -0.2) is 4.79 Å². The number of amides is 2. The molecule has 0 fully saturated rings. The number of unbranched alkanes of at least 4 members (excludes halogenated alkanes) is 7. The number of hydrogen-bond acceptors (Lipinski definition) is 3. The molecular weight excluding hydrogens is 521 g/mol. The van der Waals surface area contributed by atoms with E-state index in [-0.39, 0.29) is 19.0 Å². The van der Waals surface area contributed by atoms with Crippen molar-refractivity contribution >= 4 is 23.5 Å². The van der Waals surface area contributed by atoms with Crippen molar-refractivity contribution in [2.75, 3.05) is 5.32 Å². The van der Waals surface area contributed by atoms with Crippen molar-refractivity contribution in [3.63, 3.8) is 0 Å². The first-order valence-corrected chi connectivity index (χ1v) is 13.8. The molecule has 2 aromatic rings. The van der Waals surface area contributed by atoms with Crippen LogP contribution in [-0.2, 0) is 33.6 Å². The SMILES string of the molecule is CCCC/C=C/CCCCCCCC(=O)Nc1ccc(CN(Cc2ccc(C(F)(F)F)cc2)C(=O)C(=O)O)cc1. The fourth-order valence-corrected chi connectivity index (χ4v) is 4.13. The number of carboxylic acid groups (broad SMARTS) is 1. The van der Waals surface area contributed by atoms with Gasteiger partial charge < -0.3 is 15.3 Å². The van der Waals surface area contributed by atoms with Crippen LogP contribution in [-0.4, -0.2) is 27.8 Å². The Balaban J connectivity index is 1.79. The van der Waals surface area contributed by atoms with Gasteiger partial charge in [0.05, 0.1) is 5.56 Å². The summed E-state index contributed by atoms with van der Waals surface area (Å²) in [6.07, 6.45) is 10.4. The van der Waals surface area contributed by atoms with E-state index in [0.29, 0.717) is 23.2 Å². The molecule has 0 aliphatic rings. The minimum Gasteiger partial charge on any atom is -0.474 e. The molecule has 9 heteroatoms. The van der Waals surface area contributed by atoms with Gasteiger partial charge in [0.15, 0.2) is 0 Å². The fraction of sp³-hybridized carbons (Fsp3) is 0.452. The van der Waals surface area contributed by atoms with Crippen molar-refractivity contribution in [3.8, 4) is 0 Å². The molecule has 0 saturated carbocycles. The summed E-state index contributed by atoms with van der Waals surface area (Å²) in [7, 11) is 0. The average molecular weight is 561 g/mol. The molecule has 0 aliphatic heterocycles. The summed E-state index contributed by atoms with van der Waals surface area (Å²) in [6, 6.07) is 10.9. The normalized spacial score (nSPS) is 11.5. The third-order valence-electron chi connectivity index (χ3n) is 6.40. The first-order valence-electron chi connectivity index (χ1n) is 13.8. The molecule has 0 spiro atoms. The molecule has 2 N–H and O–H groups in total. The minimum atomic E-state index is -4.49. The molecule has 0 aromatic heterocycles. The van der Waals surface area contributed by atoms with E-state index in [1.165, 1.54) is 31.4 Å². The zero-order valence-corrected chi connectivity index (χ0v) is 23.0. The van der Waals surface area contributed by atoms with Crippen molar-refractivity contribution in [3.05, 3.63) is 77.4 Å².